The third-order valence-electron chi connectivity index (χ3n) is 4.07. The van der Waals surface area contributed by atoms with E-state index in [0.717, 1.165) is 23.9 Å². The largest absolute Gasteiger partial charge is 0.381 e. The van der Waals surface area contributed by atoms with Crippen LogP contribution in [0.3, 0.4) is 0 Å². The minimum Gasteiger partial charge on any atom is -0.381 e. The molecule has 1 aromatic carbocycles. The Labute approximate surface area is 123 Å². The molecule has 1 aromatic heterocycles. The fraction of sp³-hybridized carbons (Fsp3) is 0.500. The molecule has 0 amide bonds. The highest BCUT2D eigenvalue weighted by molar-refractivity contribution is 5.84. The van der Waals surface area contributed by atoms with Crippen LogP contribution in [-0.2, 0) is 22.6 Å². The summed E-state index contributed by atoms with van der Waals surface area (Å²) < 4.78 is 8.62. The number of rotatable bonds is 5. The van der Waals surface area contributed by atoms with Gasteiger partial charge in [0.1, 0.15) is 0 Å². The zero-order chi connectivity index (χ0) is 14.8. The Bertz CT molecular complexity index is 708. The van der Waals surface area contributed by atoms with Gasteiger partial charge >= 0.3 is 5.69 Å². The van der Waals surface area contributed by atoms with Crippen molar-refractivity contribution in [3.05, 3.63) is 34.7 Å². The number of benzene rings is 1. The number of carbonyl (C=O) groups is 1. The molecule has 5 nitrogen and oxygen atoms in total. The Morgan fingerprint density at radius 3 is 2.62 bits per heavy atom. The minimum atomic E-state index is -0.0923. The smallest absolute Gasteiger partial charge is 0.329 e. The number of ketones is 1. The number of imidazole rings is 1. The highest BCUT2D eigenvalue weighted by Gasteiger charge is 2.25. The van der Waals surface area contributed by atoms with Crippen LogP contribution in [0.25, 0.3) is 11.0 Å². The molecule has 0 saturated carbocycles. The summed E-state index contributed by atoms with van der Waals surface area (Å²) in [6, 6.07) is 7.66. The van der Waals surface area contributed by atoms with E-state index >= 15 is 0 Å². The lowest BCUT2D eigenvalue weighted by Crippen LogP contribution is -2.29. The lowest BCUT2D eigenvalue weighted by Gasteiger charge is -2.07. The van der Waals surface area contributed by atoms with Crippen LogP contribution in [0.1, 0.15) is 19.8 Å². The van der Waals surface area contributed by atoms with Crippen molar-refractivity contribution in [2.24, 2.45) is 5.92 Å². The molecule has 112 valence electrons. The molecule has 0 spiro atoms. The first-order valence-corrected chi connectivity index (χ1v) is 7.51. The van der Waals surface area contributed by atoms with E-state index in [9.17, 15) is 9.59 Å². The minimum absolute atomic E-state index is 0.0646. The van der Waals surface area contributed by atoms with Crippen molar-refractivity contribution in [2.45, 2.75) is 32.9 Å². The van der Waals surface area contributed by atoms with Gasteiger partial charge in [-0.1, -0.05) is 19.1 Å². The van der Waals surface area contributed by atoms with Crippen LogP contribution >= 0.6 is 0 Å². The molecule has 0 N–H and O–H groups in total. The second-order valence-corrected chi connectivity index (χ2v) is 5.54. The number of aromatic nitrogens is 2. The Hall–Kier alpha value is -1.88. The maximum atomic E-state index is 12.6. The lowest BCUT2D eigenvalue weighted by atomic mass is 10.0. The first-order valence-electron chi connectivity index (χ1n) is 7.51. The van der Waals surface area contributed by atoms with Gasteiger partial charge in [0.2, 0.25) is 0 Å². The first-order chi connectivity index (χ1) is 10.2. The van der Waals surface area contributed by atoms with Crippen molar-refractivity contribution >= 4 is 16.8 Å². The Kier molecular flexibility index (Phi) is 3.92. The highest BCUT2D eigenvalue weighted by Crippen LogP contribution is 2.17. The van der Waals surface area contributed by atoms with Gasteiger partial charge in [-0.25, -0.2) is 4.79 Å². The van der Waals surface area contributed by atoms with Gasteiger partial charge in [0, 0.05) is 19.1 Å². The number of para-hydroxylation sites is 2. The number of ether oxygens (including phenoxy) is 1. The summed E-state index contributed by atoms with van der Waals surface area (Å²) in [6.07, 6.45) is 1.65. The molecule has 1 aliphatic rings. The summed E-state index contributed by atoms with van der Waals surface area (Å²) >= 11 is 0. The summed E-state index contributed by atoms with van der Waals surface area (Å²) in [7, 11) is 0. The van der Waals surface area contributed by atoms with Crippen molar-refractivity contribution in [1.29, 1.82) is 0 Å². The zero-order valence-corrected chi connectivity index (χ0v) is 12.2. The van der Waals surface area contributed by atoms with E-state index in [1.54, 1.807) is 9.13 Å². The van der Waals surface area contributed by atoms with Crippen LogP contribution in [0.15, 0.2) is 29.1 Å². The van der Waals surface area contributed by atoms with Gasteiger partial charge in [-0.15, -0.1) is 0 Å². The molecule has 1 saturated heterocycles. The van der Waals surface area contributed by atoms with Crippen LogP contribution in [0.5, 0.6) is 0 Å². The number of hydrogen-bond donors (Lipinski definition) is 0. The number of carbonyl (C=O) groups excluding carboxylic acids is 1. The van der Waals surface area contributed by atoms with Gasteiger partial charge in [0.25, 0.3) is 0 Å². The molecule has 1 atom stereocenters. The average Bonchev–Trinajstić information content (AvgIpc) is 3.11. The molecule has 0 bridgehead atoms. The number of fused-ring (bicyclic) bond motifs is 1. The predicted molar refractivity (Wildman–Crippen MR) is 80.4 cm³/mol. The topological polar surface area (TPSA) is 53.2 Å². The molecule has 5 heteroatoms. The van der Waals surface area contributed by atoms with Crippen LogP contribution in [-0.4, -0.2) is 28.1 Å². The summed E-state index contributed by atoms with van der Waals surface area (Å²) in [4.78, 5) is 24.9. The molecular weight excluding hydrogens is 268 g/mol. The van der Waals surface area contributed by atoms with E-state index in [1.807, 2.05) is 31.2 Å². The van der Waals surface area contributed by atoms with Gasteiger partial charge in [-0.05, 0) is 25.0 Å². The average molecular weight is 288 g/mol. The summed E-state index contributed by atoms with van der Waals surface area (Å²) in [5.41, 5.74) is 1.65. The van der Waals surface area contributed by atoms with Crippen molar-refractivity contribution < 1.29 is 9.53 Å². The molecule has 0 aliphatic carbocycles. The lowest BCUT2D eigenvalue weighted by molar-refractivity contribution is -0.123. The second kappa shape index (κ2) is 5.85. The normalized spacial score (nSPS) is 18.4. The fourth-order valence-electron chi connectivity index (χ4n) is 2.94. The Balaban J connectivity index is 1.99. The van der Waals surface area contributed by atoms with Gasteiger partial charge in [-0.3, -0.25) is 13.9 Å². The Morgan fingerprint density at radius 2 is 2.00 bits per heavy atom. The number of nitrogens with zero attached hydrogens (tertiary/aromatic N) is 2. The van der Waals surface area contributed by atoms with E-state index < -0.39 is 0 Å². The van der Waals surface area contributed by atoms with Crippen LogP contribution in [0.4, 0.5) is 0 Å². The van der Waals surface area contributed by atoms with Crippen molar-refractivity contribution in [1.82, 2.24) is 9.13 Å². The summed E-state index contributed by atoms with van der Waals surface area (Å²) in [6.45, 7) is 3.99. The van der Waals surface area contributed by atoms with Gasteiger partial charge in [0.15, 0.2) is 5.78 Å². The molecule has 1 aliphatic heterocycles. The van der Waals surface area contributed by atoms with Gasteiger partial charge in [-0.2, -0.15) is 0 Å². The highest BCUT2D eigenvalue weighted by atomic mass is 16.5. The molecule has 1 unspecified atom stereocenters. The SMILES string of the molecule is CCCn1c(=O)n(CC(=O)C2CCOC2)c2ccccc21. The zero-order valence-electron chi connectivity index (χ0n) is 12.2. The van der Waals surface area contributed by atoms with E-state index in [4.69, 9.17) is 4.74 Å². The van der Waals surface area contributed by atoms with E-state index in [1.165, 1.54) is 0 Å². The van der Waals surface area contributed by atoms with Crippen LogP contribution in [0, 0.1) is 5.92 Å². The first kappa shape index (κ1) is 14.1. The van der Waals surface area contributed by atoms with Gasteiger partial charge < -0.3 is 4.74 Å². The molecule has 1 fully saturated rings. The van der Waals surface area contributed by atoms with Crippen LogP contribution < -0.4 is 5.69 Å². The van der Waals surface area contributed by atoms with Crippen molar-refractivity contribution in [3.63, 3.8) is 0 Å². The second-order valence-electron chi connectivity index (χ2n) is 5.54. The van der Waals surface area contributed by atoms with Crippen LogP contribution in [0.2, 0.25) is 0 Å². The third kappa shape index (κ3) is 2.53. The number of aryl methyl sites for hydroxylation is 1. The van der Waals surface area contributed by atoms with E-state index in [0.29, 0.717) is 19.8 Å². The molecule has 0 radical (unpaired) electrons. The monoisotopic (exact) mass is 288 g/mol. The molecule has 21 heavy (non-hydrogen) atoms. The summed E-state index contributed by atoms with van der Waals surface area (Å²) in [5, 5.41) is 0. The molecule has 3 rings (SSSR count). The third-order valence-corrected chi connectivity index (χ3v) is 4.07. The Morgan fingerprint density at radius 1 is 1.29 bits per heavy atom. The molecule has 2 heterocycles. The van der Waals surface area contributed by atoms with Crippen molar-refractivity contribution in [3.8, 4) is 0 Å². The maximum Gasteiger partial charge on any atom is 0.329 e. The maximum absolute atomic E-state index is 12.6. The predicted octanol–water partition coefficient (Wildman–Crippen LogP) is 1.82. The van der Waals surface area contributed by atoms with E-state index in [2.05, 4.69) is 0 Å². The quantitative estimate of drug-likeness (QED) is 0.843. The molecule has 2 aromatic rings. The molecular formula is C16H20N2O3. The van der Waals surface area contributed by atoms with Crippen molar-refractivity contribution in [2.75, 3.05) is 13.2 Å². The summed E-state index contributed by atoms with van der Waals surface area (Å²) in [5.74, 6) is 0.0270. The van der Waals surface area contributed by atoms with E-state index in [-0.39, 0.29) is 23.9 Å². The fourth-order valence-corrected chi connectivity index (χ4v) is 2.94. The number of Topliss-reactive ketones (excluding diaryl/α,β-unsaturated/α-hetero) is 1. The van der Waals surface area contributed by atoms with Gasteiger partial charge in [0.05, 0.1) is 24.2 Å². The standard InChI is InChI=1S/C16H20N2O3/c1-2-8-17-13-5-3-4-6-14(13)18(16(17)20)10-15(19)12-7-9-21-11-12/h3-6,12H,2,7-11H2,1H3. The number of hydrogen-bond acceptors (Lipinski definition) is 3.